The molecule has 0 unspecified atom stereocenters. The summed E-state index contributed by atoms with van der Waals surface area (Å²) in [6.45, 7) is 1.66. The molecule has 1 saturated heterocycles. The fourth-order valence-corrected chi connectivity index (χ4v) is 6.34. The van der Waals surface area contributed by atoms with E-state index in [1.54, 1.807) is 36.7 Å². The maximum absolute atomic E-state index is 13.4. The first-order valence-corrected chi connectivity index (χ1v) is 13.7. The van der Waals surface area contributed by atoms with Crippen LogP contribution in [0.1, 0.15) is 18.1 Å². The molecule has 7 nitrogen and oxygen atoms in total. The first-order valence-electron chi connectivity index (χ1n) is 11.8. The van der Waals surface area contributed by atoms with Crippen LogP contribution in [0, 0.1) is 0 Å². The van der Waals surface area contributed by atoms with E-state index in [2.05, 4.69) is 17.6 Å². The summed E-state index contributed by atoms with van der Waals surface area (Å²) in [5.74, 6) is 0. The number of alkyl halides is 3. The van der Waals surface area contributed by atoms with E-state index in [9.17, 15) is 26.7 Å². The molecule has 38 heavy (non-hydrogen) atoms. The number of anilines is 1. The topological polar surface area (TPSA) is 83.0 Å². The second-order valence-corrected chi connectivity index (χ2v) is 11.6. The molecule has 1 aromatic heterocycles. The summed E-state index contributed by atoms with van der Waals surface area (Å²) < 4.78 is 74.0. The monoisotopic (exact) mass is 567 g/mol. The molecule has 0 amide bonds. The summed E-state index contributed by atoms with van der Waals surface area (Å²) in [6, 6.07) is 15.1. The van der Waals surface area contributed by atoms with Gasteiger partial charge in [0, 0.05) is 42.6 Å². The third-order valence-electron chi connectivity index (χ3n) is 6.54. The van der Waals surface area contributed by atoms with Crippen molar-refractivity contribution in [2.45, 2.75) is 41.1 Å². The van der Waals surface area contributed by atoms with Crippen LogP contribution in [0.15, 0.2) is 82.8 Å². The minimum atomic E-state index is -4.83. The highest BCUT2D eigenvalue weighted by molar-refractivity contribution is 7.90. The normalized spacial score (nSPS) is 18.8. The standard InChI is InChI=1S/C26H28F3N3O4S2/c1-25(33,26(27,28)29)20-8-10-21(11-9-20)32-14-13-31(38(34,35)24-7-3-2-6-23(24)37)16-22(32)18-36-17-19-5-4-12-30-15-19/h2-12,15,22,33,37H,13-14,16-18H2,1H3/t22-,25+/m1/s1. The van der Waals surface area contributed by atoms with Crippen LogP contribution in [-0.4, -0.2) is 61.3 Å². The first kappa shape index (κ1) is 28.4. The van der Waals surface area contributed by atoms with Crippen molar-refractivity contribution >= 4 is 28.3 Å². The van der Waals surface area contributed by atoms with Crippen LogP contribution in [0.3, 0.4) is 0 Å². The molecule has 2 aromatic carbocycles. The van der Waals surface area contributed by atoms with E-state index >= 15 is 0 Å². The predicted molar refractivity (Wildman–Crippen MR) is 140 cm³/mol. The molecule has 0 saturated carbocycles. The fourth-order valence-electron chi connectivity index (χ4n) is 4.28. The lowest BCUT2D eigenvalue weighted by Gasteiger charge is -2.42. The molecule has 0 spiro atoms. The zero-order valence-electron chi connectivity index (χ0n) is 20.5. The SMILES string of the molecule is C[C@](O)(c1ccc(N2CCN(S(=O)(=O)c3ccccc3S)C[C@@H]2COCc2cccnc2)cc1)C(F)(F)F. The number of aromatic nitrogens is 1. The molecule has 12 heteroatoms. The first-order chi connectivity index (χ1) is 17.9. The van der Waals surface area contributed by atoms with E-state index in [1.165, 1.54) is 34.6 Å². The van der Waals surface area contributed by atoms with Crippen molar-refractivity contribution in [3.8, 4) is 0 Å². The van der Waals surface area contributed by atoms with E-state index in [0.717, 1.165) is 5.56 Å². The van der Waals surface area contributed by atoms with Crippen molar-refractivity contribution < 1.29 is 31.4 Å². The molecule has 0 radical (unpaired) electrons. The molecule has 1 aliphatic heterocycles. The second kappa shape index (κ2) is 11.2. The van der Waals surface area contributed by atoms with Gasteiger partial charge in [-0.25, -0.2) is 8.42 Å². The zero-order valence-corrected chi connectivity index (χ0v) is 22.3. The van der Waals surface area contributed by atoms with Crippen LogP contribution < -0.4 is 4.90 Å². The van der Waals surface area contributed by atoms with Gasteiger partial charge in [0.2, 0.25) is 10.0 Å². The Labute approximate surface area is 225 Å². The number of rotatable bonds is 8. The quantitative estimate of drug-likeness (QED) is 0.397. The van der Waals surface area contributed by atoms with Crippen molar-refractivity contribution in [3.05, 3.63) is 84.2 Å². The summed E-state index contributed by atoms with van der Waals surface area (Å²) in [7, 11) is -3.84. The van der Waals surface area contributed by atoms with Crippen LogP contribution >= 0.6 is 12.6 Å². The molecule has 1 aliphatic rings. The third-order valence-corrected chi connectivity index (χ3v) is 9.01. The smallest absolute Gasteiger partial charge is 0.376 e. The number of hydrogen-bond acceptors (Lipinski definition) is 7. The van der Waals surface area contributed by atoms with Crippen LogP contribution in [0.25, 0.3) is 0 Å². The van der Waals surface area contributed by atoms with Crippen molar-refractivity contribution in [2.75, 3.05) is 31.1 Å². The fraction of sp³-hybridized carbons (Fsp3) is 0.346. The van der Waals surface area contributed by atoms with E-state index < -0.39 is 27.8 Å². The average Bonchev–Trinajstić information content (AvgIpc) is 2.89. The zero-order chi connectivity index (χ0) is 27.6. The number of halogens is 3. The van der Waals surface area contributed by atoms with E-state index in [-0.39, 0.29) is 43.3 Å². The van der Waals surface area contributed by atoms with E-state index in [4.69, 9.17) is 4.74 Å². The molecule has 2 heterocycles. The van der Waals surface area contributed by atoms with Gasteiger partial charge in [0.25, 0.3) is 0 Å². The number of ether oxygens (including phenoxy) is 1. The van der Waals surface area contributed by atoms with Gasteiger partial charge in [0.05, 0.1) is 24.2 Å². The molecule has 2 atom stereocenters. The molecule has 204 valence electrons. The highest BCUT2D eigenvalue weighted by Crippen LogP contribution is 2.39. The number of benzene rings is 2. The van der Waals surface area contributed by atoms with Gasteiger partial charge >= 0.3 is 6.18 Å². The van der Waals surface area contributed by atoms with Crippen molar-refractivity contribution in [2.24, 2.45) is 0 Å². The number of thiol groups is 1. The average molecular weight is 568 g/mol. The minimum Gasteiger partial charge on any atom is -0.376 e. The van der Waals surface area contributed by atoms with Gasteiger partial charge in [0.1, 0.15) is 0 Å². The van der Waals surface area contributed by atoms with Gasteiger partial charge in [-0.1, -0.05) is 30.3 Å². The molecule has 1 fully saturated rings. The van der Waals surface area contributed by atoms with Crippen molar-refractivity contribution in [1.29, 1.82) is 0 Å². The number of aliphatic hydroxyl groups is 1. The summed E-state index contributed by atoms with van der Waals surface area (Å²) in [4.78, 5) is 6.41. The lowest BCUT2D eigenvalue weighted by Crippen LogP contribution is -2.56. The lowest BCUT2D eigenvalue weighted by molar-refractivity contribution is -0.258. The van der Waals surface area contributed by atoms with Gasteiger partial charge in [-0.2, -0.15) is 17.5 Å². The van der Waals surface area contributed by atoms with Gasteiger partial charge in [-0.05, 0) is 48.4 Å². The largest absolute Gasteiger partial charge is 0.421 e. The van der Waals surface area contributed by atoms with Crippen molar-refractivity contribution in [1.82, 2.24) is 9.29 Å². The molecule has 4 rings (SSSR count). The maximum Gasteiger partial charge on any atom is 0.421 e. The highest BCUT2D eigenvalue weighted by Gasteiger charge is 2.51. The number of pyridine rings is 1. The maximum atomic E-state index is 13.4. The number of nitrogens with zero attached hydrogens (tertiary/aromatic N) is 3. The summed E-state index contributed by atoms with van der Waals surface area (Å²) >= 11 is 4.31. The van der Waals surface area contributed by atoms with Gasteiger partial charge in [0.15, 0.2) is 5.60 Å². The Morgan fingerprint density at radius 2 is 1.79 bits per heavy atom. The number of sulfonamides is 1. The molecule has 1 N–H and O–H groups in total. The van der Waals surface area contributed by atoms with E-state index in [0.29, 0.717) is 17.5 Å². The molecule has 3 aromatic rings. The summed E-state index contributed by atoms with van der Waals surface area (Å²) in [5, 5.41) is 10.0. The summed E-state index contributed by atoms with van der Waals surface area (Å²) in [6.07, 6.45) is -1.51. The van der Waals surface area contributed by atoms with Crippen LogP contribution in [-0.2, 0) is 27.0 Å². The highest BCUT2D eigenvalue weighted by atomic mass is 32.2. The van der Waals surface area contributed by atoms with E-state index in [1.807, 2.05) is 11.0 Å². The Balaban J connectivity index is 1.58. The Morgan fingerprint density at radius 1 is 1.08 bits per heavy atom. The molecular weight excluding hydrogens is 539 g/mol. The second-order valence-electron chi connectivity index (χ2n) is 9.17. The molecule has 0 aliphatic carbocycles. The number of piperazine rings is 1. The van der Waals surface area contributed by atoms with Gasteiger partial charge < -0.3 is 14.7 Å². The molecular formula is C26H28F3N3O4S2. The Bertz CT molecular complexity index is 1340. The molecule has 0 bridgehead atoms. The van der Waals surface area contributed by atoms with Crippen LogP contribution in [0.4, 0.5) is 18.9 Å². The Hall–Kier alpha value is -2.64. The number of hydrogen-bond donors (Lipinski definition) is 2. The third kappa shape index (κ3) is 5.99. The lowest BCUT2D eigenvalue weighted by atomic mass is 9.95. The Kier molecular flexibility index (Phi) is 8.38. The van der Waals surface area contributed by atoms with Crippen molar-refractivity contribution in [3.63, 3.8) is 0 Å². The Morgan fingerprint density at radius 3 is 2.42 bits per heavy atom. The summed E-state index contributed by atoms with van der Waals surface area (Å²) in [5.41, 5.74) is -1.84. The van der Waals surface area contributed by atoms with Gasteiger partial charge in [-0.15, -0.1) is 12.6 Å². The van der Waals surface area contributed by atoms with Gasteiger partial charge in [-0.3, -0.25) is 4.98 Å². The van der Waals surface area contributed by atoms with Crippen LogP contribution in [0.2, 0.25) is 0 Å². The van der Waals surface area contributed by atoms with Crippen LogP contribution in [0.5, 0.6) is 0 Å². The predicted octanol–water partition coefficient (Wildman–Crippen LogP) is 4.24. The minimum absolute atomic E-state index is 0.0967.